The highest BCUT2D eigenvalue weighted by Crippen LogP contribution is 2.37. The molecule has 0 saturated heterocycles. The van der Waals surface area contributed by atoms with Crippen LogP contribution in [0.15, 0.2) is 34.8 Å². The Morgan fingerprint density at radius 2 is 2.08 bits per heavy atom. The predicted molar refractivity (Wildman–Crippen MR) is 92.6 cm³/mol. The van der Waals surface area contributed by atoms with Crippen molar-refractivity contribution in [1.29, 1.82) is 5.26 Å². The van der Waals surface area contributed by atoms with Crippen molar-refractivity contribution < 1.29 is 23.4 Å². The van der Waals surface area contributed by atoms with Crippen molar-refractivity contribution in [2.45, 2.75) is 6.92 Å². The first-order valence-corrected chi connectivity index (χ1v) is 8.26. The maximum Gasteiger partial charge on any atom is 0.349 e. The van der Waals surface area contributed by atoms with Crippen LogP contribution in [-0.4, -0.2) is 19.2 Å². The quantitative estimate of drug-likeness (QED) is 0.501. The average molecular weight is 429 g/mol. The zero-order valence-corrected chi connectivity index (χ0v) is 15.4. The van der Waals surface area contributed by atoms with Crippen LogP contribution in [0.1, 0.15) is 12.5 Å². The second-order valence-corrected chi connectivity index (χ2v) is 5.93. The third-order valence-electron chi connectivity index (χ3n) is 2.90. The van der Waals surface area contributed by atoms with Gasteiger partial charge in [-0.2, -0.15) is 5.26 Å². The second kappa shape index (κ2) is 8.70. The molecule has 2 aromatic carbocycles. The van der Waals surface area contributed by atoms with Crippen molar-refractivity contribution in [2.24, 2.45) is 0 Å². The molecule has 0 spiro atoms. The normalized spacial score (nSPS) is 10.0. The molecule has 0 heterocycles. The Hall–Kier alpha value is -2.30. The fourth-order valence-corrected chi connectivity index (χ4v) is 2.54. The summed E-state index contributed by atoms with van der Waals surface area (Å²) in [5.74, 6) is -0.656. The third-order valence-corrected chi connectivity index (χ3v) is 3.78. The number of benzene rings is 2. The number of esters is 1. The summed E-state index contributed by atoms with van der Waals surface area (Å²) in [5.41, 5.74) is 0.354. The van der Waals surface area contributed by atoms with Gasteiger partial charge in [-0.15, -0.1) is 0 Å². The minimum Gasteiger partial charge on any atom is -0.490 e. The molecular weight excluding hydrogens is 417 g/mol. The number of carbonyl (C=O) groups excluding carboxylic acids is 1. The van der Waals surface area contributed by atoms with Crippen molar-refractivity contribution in [3.8, 4) is 23.3 Å². The number of nitrogens with zero attached hydrogens (tertiary/aromatic N) is 1. The largest absolute Gasteiger partial charge is 0.490 e. The smallest absolute Gasteiger partial charge is 0.349 e. The molecule has 0 N–H and O–H groups in total. The average Bonchev–Trinajstić information content (AvgIpc) is 2.59. The molecule has 0 radical (unpaired) electrons. The molecule has 2 aromatic rings. The summed E-state index contributed by atoms with van der Waals surface area (Å²) in [6, 6.07) is 8.70. The molecule has 0 bridgehead atoms. The predicted octanol–water partition coefficient (Wildman–Crippen LogP) is 4.50. The third kappa shape index (κ3) is 5.08. The maximum atomic E-state index is 13.1. The minimum atomic E-state index is -0.702. The van der Waals surface area contributed by atoms with Crippen LogP contribution >= 0.6 is 27.5 Å². The van der Waals surface area contributed by atoms with Gasteiger partial charge in [0.25, 0.3) is 0 Å². The summed E-state index contributed by atoms with van der Waals surface area (Å²) < 4.78 is 29.4. The van der Waals surface area contributed by atoms with Crippen molar-refractivity contribution >= 4 is 33.5 Å². The SMILES string of the molecule is CCOc1cc(C#N)cc(Br)c1OC(=O)COc1ccc(F)c(Cl)c1. The molecule has 2 rings (SSSR count). The first-order valence-electron chi connectivity index (χ1n) is 7.09. The fourth-order valence-electron chi connectivity index (χ4n) is 1.85. The molecule has 0 unspecified atom stereocenters. The monoisotopic (exact) mass is 427 g/mol. The lowest BCUT2D eigenvalue weighted by Crippen LogP contribution is -2.18. The molecule has 0 aromatic heterocycles. The number of ether oxygens (including phenoxy) is 3. The summed E-state index contributed by atoms with van der Waals surface area (Å²) in [7, 11) is 0. The number of hydrogen-bond acceptors (Lipinski definition) is 5. The highest BCUT2D eigenvalue weighted by molar-refractivity contribution is 9.10. The number of nitriles is 1. The molecule has 5 nitrogen and oxygen atoms in total. The molecule has 0 aliphatic rings. The van der Waals surface area contributed by atoms with Gasteiger partial charge in [-0.05, 0) is 41.1 Å². The Balaban J connectivity index is 2.09. The Labute approximate surface area is 157 Å². The van der Waals surface area contributed by atoms with Crippen LogP contribution < -0.4 is 14.2 Å². The molecule has 0 aliphatic heterocycles. The van der Waals surface area contributed by atoms with E-state index in [9.17, 15) is 9.18 Å². The summed E-state index contributed by atoms with van der Waals surface area (Å²) in [5, 5.41) is 8.88. The Morgan fingerprint density at radius 1 is 1.32 bits per heavy atom. The van der Waals surface area contributed by atoms with E-state index in [-0.39, 0.29) is 22.3 Å². The van der Waals surface area contributed by atoms with Crippen LogP contribution in [0, 0.1) is 17.1 Å². The van der Waals surface area contributed by atoms with Crippen LogP contribution in [0.3, 0.4) is 0 Å². The lowest BCUT2D eigenvalue weighted by molar-refractivity contribution is -0.136. The summed E-state index contributed by atoms with van der Waals surface area (Å²) in [4.78, 5) is 12.0. The molecule has 8 heteroatoms. The Bertz CT molecular complexity index is 838. The van der Waals surface area contributed by atoms with E-state index in [0.29, 0.717) is 16.6 Å². The minimum absolute atomic E-state index is 0.112. The van der Waals surface area contributed by atoms with E-state index in [4.69, 9.17) is 31.1 Å². The van der Waals surface area contributed by atoms with Crippen LogP contribution in [-0.2, 0) is 4.79 Å². The molecule has 25 heavy (non-hydrogen) atoms. The van der Waals surface area contributed by atoms with Gasteiger partial charge in [0.1, 0.15) is 11.6 Å². The second-order valence-electron chi connectivity index (χ2n) is 4.67. The first-order chi connectivity index (χ1) is 11.9. The highest BCUT2D eigenvalue weighted by Gasteiger charge is 2.17. The number of carbonyl (C=O) groups is 1. The van der Waals surface area contributed by atoms with Gasteiger partial charge in [0.2, 0.25) is 0 Å². The van der Waals surface area contributed by atoms with Crippen LogP contribution in [0.2, 0.25) is 5.02 Å². The van der Waals surface area contributed by atoms with E-state index in [1.54, 1.807) is 6.92 Å². The molecular formula is C17H12BrClFNO4. The van der Waals surface area contributed by atoms with Gasteiger partial charge >= 0.3 is 5.97 Å². The number of halogens is 3. The maximum absolute atomic E-state index is 13.1. The Morgan fingerprint density at radius 3 is 2.72 bits per heavy atom. The molecule has 0 amide bonds. The summed E-state index contributed by atoms with van der Waals surface area (Å²) in [6.07, 6.45) is 0. The van der Waals surface area contributed by atoms with Crippen molar-refractivity contribution in [3.05, 3.63) is 51.2 Å². The van der Waals surface area contributed by atoms with Gasteiger partial charge in [-0.1, -0.05) is 11.6 Å². The summed E-state index contributed by atoms with van der Waals surface area (Å²) >= 11 is 8.89. The van der Waals surface area contributed by atoms with Crippen molar-refractivity contribution in [3.63, 3.8) is 0 Å². The van der Waals surface area contributed by atoms with Crippen LogP contribution in [0.4, 0.5) is 4.39 Å². The van der Waals surface area contributed by atoms with E-state index in [1.807, 2.05) is 6.07 Å². The molecule has 0 atom stereocenters. The van der Waals surface area contributed by atoms with Gasteiger partial charge in [0, 0.05) is 12.1 Å². The fraction of sp³-hybridized carbons (Fsp3) is 0.176. The lowest BCUT2D eigenvalue weighted by Gasteiger charge is -2.13. The lowest BCUT2D eigenvalue weighted by atomic mass is 10.2. The Kier molecular flexibility index (Phi) is 6.62. The van der Waals surface area contributed by atoms with E-state index in [0.717, 1.165) is 6.07 Å². The molecule has 0 fully saturated rings. The number of rotatable bonds is 6. The topological polar surface area (TPSA) is 68.5 Å². The van der Waals surface area contributed by atoms with Crippen molar-refractivity contribution in [1.82, 2.24) is 0 Å². The van der Waals surface area contributed by atoms with Crippen LogP contribution in [0.25, 0.3) is 0 Å². The van der Waals surface area contributed by atoms with E-state index in [1.165, 1.54) is 24.3 Å². The summed E-state index contributed by atoms with van der Waals surface area (Å²) in [6.45, 7) is 1.68. The van der Waals surface area contributed by atoms with Gasteiger partial charge in [-0.3, -0.25) is 0 Å². The molecule has 130 valence electrons. The zero-order chi connectivity index (χ0) is 18.4. The first kappa shape index (κ1) is 19.0. The van der Waals surface area contributed by atoms with Gasteiger partial charge in [0.15, 0.2) is 18.1 Å². The molecule has 0 aliphatic carbocycles. The van der Waals surface area contributed by atoms with E-state index in [2.05, 4.69) is 15.9 Å². The van der Waals surface area contributed by atoms with Gasteiger partial charge in [-0.25, -0.2) is 9.18 Å². The van der Waals surface area contributed by atoms with E-state index >= 15 is 0 Å². The van der Waals surface area contributed by atoms with E-state index < -0.39 is 18.4 Å². The van der Waals surface area contributed by atoms with Gasteiger partial charge < -0.3 is 14.2 Å². The highest BCUT2D eigenvalue weighted by atomic mass is 79.9. The van der Waals surface area contributed by atoms with Gasteiger partial charge in [0.05, 0.1) is 27.7 Å². The zero-order valence-electron chi connectivity index (χ0n) is 13.0. The standard InChI is InChI=1S/C17H12BrClFNO4/c1-2-23-15-6-10(8-21)5-12(18)17(15)25-16(22)9-24-11-3-4-14(20)13(19)7-11/h3-7H,2,9H2,1H3. The van der Waals surface area contributed by atoms with Crippen LogP contribution in [0.5, 0.6) is 17.2 Å². The number of hydrogen-bond donors (Lipinski definition) is 0. The molecule has 0 saturated carbocycles. The van der Waals surface area contributed by atoms with Crippen molar-refractivity contribution in [2.75, 3.05) is 13.2 Å².